The van der Waals surface area contributed by atoms with Gasteiger partial charge >= 0.3 is 0 Å². The van der Waals surface area contributed by atoms with Crippen LogP contribution in [0.1, 0.15) is 25.7 Å². The second-order valence-electron chi connectivity index (χ2n) is 2.29. The lowest BCUT2D eigenvalue weighted by Crippen LogP contribution is -2.20. The van der Waals surface area contributed by atoms with Gasteiger partial charge in [-0.2, -0.15) is 5.12 Å². The number of carbonyl (C=O) groups is 1. The standard InChI is InChI=1S/C6H10FNO/c7-8-5-3-1-2-4-6(8)9/h1-5H2/i7-1. The molecule has 1 aliphatic heterocycles. The van der Waals surface area contributed by atoms with E-state index in [9.17, 15) is 9.28 Å². The van der Waals surface area contributed by atoms with Gasteiger partial charge < -0.3 is 0 Å². The minimum absolute atomic E-state index is 0.291. The second-order valence-corrected chi connectivity index (χ2v) is 2.29. The minimum atomic E-state index is -0.354. The van der Waals surface area contributed by atoms with Crippen molar-refractivity contribution in [2.45, 2.75) is 25.7 Å². The highest BCUT2D eigenvalue weighted by Crippen LogP contribution is 2.10. The monoisotopic (exact) mass is 130 g/mol. The Bertz CT molecular complexity index is 116. The van der Waals surface area contributed by atoms with Crippen molar-refractivity contribution in [3.8, 4) is 0 Å². The van der Waals surface area contributed by atoms with Gasteiger partial charge in [-0.3, -0.25) is 4.79 Å². The highest BCUT2D eigenvalue weighted by Gasteiger charge is 2.14. The quantitative estimate of drug-likeness (QED) is 0.452. The molecule has 1 saturated heterocycles. The van der Waals surface area contributed by atoms with Crippen molar-refractivity contribution in [3.63, 3.8) is 0 Å². The van der Waals surface area contributed by atoms with Gasteiger partial charge in [0.05, 0.1) is 6.54 Å². The van der Waals surface area contributed by atoms with Crippen molar-refractivity contribution in [1.82, 2.24) is 5.12 Å². The first-order valence-electron chi connectivity index (χ1n) is 3.27. The average molecular weight is 130 g/mol. The molecule has 1 aliphatic rings. The van der Waals surface area contributed by atoms with Gasteiger partial charge in [0, 0.05) is 6.42 Å². The van der Waals surface area contributed by atoms with E-state index in [0.29, 0.717) is 18.1 Å². The molecule has 0 bridgehead atoms. The van der Waals surface area contributed by atoms with Crippen molar-refractivity contribution in [2.75, 3.05) is 6.54 Å². The molecular weight excluding hydrogens is 120 g/mol. The number of halogens is 1. The summed E-state index contributed by atoms with van der Waals surface area (Å²) >= 11 is 0. The van der Waals surface area contributed by atoms with E-state index in [1.54, 1.807) is 0 Å². The first-order chi connectivity index (χ1) is 4.30. The first kappa shape index (κ1) is 6.52. The van der Waals surface area contributed by atoms with E-state index < -0.39 is 0 Å². The number of hydrogen-bond donors (Lipinski definition) is 0. The number of amides is 1. The lowest BCUT2D eigenvalue weighted by molar-refractivity contribution is -0.145. The van der Waals surface area contributed by atoms with E-state index in [0.717, 1.165) is 19.3 Å². The summed E-state index contributed by atoms with van der Waals surface area (Å²) in [6.07, 6.45) is 3.02. The fraction of sp³-hybridized carbons (Fsp3) is 0.833. The van der Waals surface area contributed by atoms with Gasteiger partial charge in [0.1, 0.15) is 0 Å². The molecule has 0 aromatic heterocycles. The summed E-state index contributed by atoms with van der Waals surface area (Å²) in [7, 11) is 0. The molecular formula is C6H10FNO. The highest BCUT2D eigenvalue weighted by molar-refractivity contribution is 5.75. The Hall–Kier alpha value is -0.600. The zero-order valence-electron chi connectivity index (χ0n) is 5.27. The summed E-state index contributed by atoms with van der Waals surface area (Å²) in [4.78, 5) is 10.6. The molecule has 9 heavy (non-hydrogen) atoms. The normalized spacial score (nSPS) is 21.9. The van der Waals surface area contributed by atoms with Crippen LogP contribution in [0.2, 0.25) is 0 Å². The average Bonchev–Trinajstić information content (AvgIpc) is 1.99. The van der Waals surface area contributed by atoms with Gasteiger partial charge in [0.2, 0.25) is 5.91 Å². The van der Waals surface area contributed by atoms with E-state index in [4.69, 9.17) is 0 Å². The van der Waals surface area contributed by atoms with E-state index in [2.05, 4.69) is 0 Å². The fourth-order valence-electron chi connectivity index (χ4n) is 0.950. The maximum atomic E-state index is 12.3. The molecule has 0 aliphatic carbocycles. The molecule has 0 atom stereocenters. The molecule has 3 heteroatoms. The molecule has 1 rings (SSSR count). The number of nitrogens with zero attached hydrogens (tertiary/aromatic N) is 1. The van der Waals surface area contributed by atoms with Crippen LogP contribution in [-0.2, 0) is 4.79 Å². The summed E-state index contributed by atoms with van der Waals surface area (Å²) in [5.41, 5.74) is 0. The van der Waals surface area contributed by atoms with E-state index in [-0.39, 0.29) is 5.91 Å². The van der Waals surface area contributed by atoms with Crippen LogP contribution in [0.3, 0.4) is 0 Å². The molecule has 0 N–H and O–H groups in total. The maximum Gasteiger partial charge on any atom is 0.250 e. The van der Waals surface area contributed by atoms with Crippen LogP contribution in [0.15, 0.2) is 0 Å². The summed E-state index contributed by atoms with van der Waals surface area (Å²) in [5.74, 6) is -0.354. The van der Waals surface area contributed by atoms with E-state index >= 15 is 0 Å². The summed E-state index contributed by atoms with van der Waals surface area (Å²) in [6.45, 7) is 0.291. The number of rotatable bonds is 0. The second kappa shape index (κ2) is 2.80. The predicted octanol–water partition coefficient (Wildman–Crippen LogP) is 1.27. The molecule has 0 spiro atoms. The van der Waals surface area contributed by atoms with Crippen molar-refractivity contribution in [3.05, 3.63) is 0 Å². The molecule has 0 aromatic rings. The Morgan fingerprint density at radius 3 is 2.89 bits per heavy atom. The van der Waals surface area contributed by atoms with Crippen LogP contribution >= 0.6 is 0 Å². The van der Waals surface area contributed by atoms with Crippen LogP contribution in [-0.4, -0.2) is 17.6 Å². The van der Waals surface area contributed by atoms with Crippen molar-refractivity contribution >= 4 is 5.91 Å². The van der Waals surface area contributed by atoms with Gasteiger partial charge in [0.25, 0.3) is 0 Å². The third-order valence-corrected chi connectivity index (χ3v) is 1.52. The molecule has 1 heterocycles. The first-order valence-corrected chi connectivity index (χ1v) is 3.27. The Balaban J connectivity index is 2.41. The maximum absolute atomic E-state index is 12.3. The number of carbonyl (C=O) groups excluding carboxylic acids is 1. The van der Waals surface area contributed by atoms with Gasteiger partial charge in [-0.05, 0) is 12.8 Å². The lowest BCUT2D eigenvalue weighted by Gasteiger charge is -2.05. The number of hydrogen-bond acceptors (Lipinski definition) is 1. The van der Waals surface area contributed by atoms with Crippen LogP contribution < -0.4 is 0 Å². The zero-order chi connectivity index (χ0) is 6.69. The third kappa shape index (κ3) is 1.66. The van der Waals surface area contributed by atoms with Crippen LogP contribution in [0.4, 0.5) is 4.48 Å². The fourth-order valence-corrected chi connectivity index (χ4v) is 0.950. The molecule has 0 saturated carbocycles. The Morgan fingerprint density at radius 1 is 1.33 bits per heavy atom. The van der Waals surface area contributed by atoms with Crippen molar-refractivity contribution < 1.29 is 9.28 Å². The van der Waals surface area contributed by atoms with Gasteiger partial charge in [-0.15, -0.1) is 0 Å². The van der Waals surface area contributed by atoms with Crippen LogP contribution in [0.25, 0.3) is 0 Å². The zero-order valence-corrected chi connectivity index (χ0v) is 5.27. The Kier molecular flexibility index (Phi) is 2.03. The van der Waals surface area contributed by atoms with Crippen molar-refractivity contribution in [2.24, 2.45) is 0 Å². The highest BCUT2D eigenvalue weighted by atomic mass is 18.3. The molecule has 52 valence electrons. The molecule has 0 radical (unpaired) electrons. The smallest absolute Gasteiger partial charge is 0.250 e. The molecule has 1 fully saturated rings. The van der Waals surface area contributed by atoms with Gasteiger partial charge in [-0.25, -0.2) is 0 Å². The Morgan fingerprint density at radius 2 is 2.11 bits per heavy atom. The summed E-state index contributed by atoms with van der Waals surface area (Å²) in [5, 5.41) is 0.326. The molecule has 0 unspecified atom stereocenters. The third-order valence-electron chi connectivity index (χ3n) is 1.52. The summed E-state index contributed by atoms with van der Waals surface area (Å²) in [6, 6.07) is 0. The van der Waals surface area contributed by atoms with E-state index in [1.165, 1.54) is 0 Å². The largest absolute Gasteiger partial charge is 0.272 e. The molecule has 1 amide bonds. The minimum Gasteiger partial charge on any atom is -0.272 e. The predicted molar refractivity (Wildman–Crippen MR) is 31.3 cm³/mol. The van der Waals surface area contributed by atoms with Crippen LogP contribution in [0, 0.1) is 0 Å². The van der Waals surface area contributed by atoms with Gasteiger partial charge in [0.15, 0.2) is 0 Å². The van der Waals surface area contributed by atoms with Crippen LogP contribution in [0.5, 0.6) is 0 Å². The SMILES string of the molecule is O=C1CCCCCN1[18F]. The molecule has 2 nitrogen and oxygen atoms in total. The van der Waals surface area contributed by atoms with Crippen molar-refractivity contribution in [1.29, 1.82) is 0 Å². The lowest BCUT2D eigenvalue weighted by atomic mass is 10.2. The molecule has 0 aromatic carbocycles. The summed E-state index contributed by atoms with van der Waals surface area (Å²) < 4.78 is 12.3. The Labute approximate surface area is 53.6 Å². The van der Waals surface area contributed by atoms with E-state index in [1.807, 2.05) is 0 Å². The van der Waals surface area contributed by atoms with Gasteiger partial charge in [-0.1, -0.05) is 10.9 Å². The topological polar surface area (TPSA) is 20.3 Å².